The summed E-state index contributed by atoms with van der Waals surface area (Å²) in [6, 6.07) is 46.9. The predicted octanol–water partition coefficient (Wildman–Crippen LogP) is 10.7. The first-order valence-corrected chi connectivity index (χ1v) is 17.4. The van der Waals surface area contributed by atoms with Gasteiger partial charge in [0.15, 0.2) is 0 Å². The number of nitrogens with zero attached hydrogens (tertiary/aromatic N) is 4. The van der Waals surface area contributed by atoms with E-state index in [1.807, 2.05) is 45.9 Å². The van der Waals surface area contributed by atoms with Gasteiger partial charge in [-0.1, -0.05) is 114 Å². The van der Waals surface area contributed by atoms with Gasteiger partial charge in [-0.3, -0.25) is 4.57 Å². The normalized spacial score (nSPS) is 11.9. The summed E-state index contributed by atoms with van der Waals surface area (Å²) < 4.78 is 12.9. The Morgan fingerprint density at radius 1 is 0.673 bits per heavy atom. The van der Waals surface area contributed by atoms with Crippen molar-refractivity contribution in [1.29, 1.82) is 0 Å². The number of aromatic nitrogens is 4. The number of rotatable bonds is 6. The third kappa shape index (κ3) is 6.74. The summed E-state index contributed by atoms with van der Waals surface area (Å²) in [7, 11) is 0. The Hall–Kier alpha value is -5.25. The van der Waals surface area contributed by atoms with Crippen molar-refractivity contribution in [2.24, 2.45) is 0 Å². The Bertz CT molecular complexity index is 2530. The maximum absolute atomic E-state index is 6.65. The summed E-state index contributed by atoms with van der Waals surface area (Å²) in [5.41, 5.74) is 8.42. The Labute approximate surface area is 320 Å². The Kier molecular flexibility index (Phi) is 9.27. The second-order valence-corrected chi connectivity index (χ2v) is 15.1. The SMILES string of the molecule is CC(C)(C)c1ccnc(-n2c3[c-]c(Oc4[c-]c(-n5[c-][n+](-c6ccccc6C(C)(C)C)cc5)cc(-c5ccccc5)c4)ccc3c3ccccc32)c1.[Pt]. The van der Waals surface area contributed by atoms with Crippen molar-refractivity contribution in [2.45, 2.75) is 52.4 Å². The average molecular weight is 860 g/mol. The number of fused-ring (bicyclic) bond motifs is 3. The summed E-state index contributed by atoms with van der Waals surface area (Å²) in [5.74, 6) is 2.03. The number of ether oxygens (including phenoxy) is 1. The quantitative estimate of drug-likeness (QED) is 0.123. The molecule has 0 saturated carbocycles. The zero-order chi connectivity index (χ0) is 35.3. The molecule has 0 amide bonds. The summed E-state index contributed by atoms with van der Waals surface area (Å²) in [6.07, 6.45) is 9.48. The summed E-state index contributed by atoms with van der Waals surface area (Å²) in [6.45, 7) is 13.4. The standard InChI is InChI=1S/C46H40N4O.Pt/c1-45(2,3)34-22-23-47-44(28-34)50-41-18-12-10-16-38(41)39-21-20-36(30-43(39)50)51-37-27-33(32-14-8-7-9-15-32)26-35(29-37)48-24-25-49(31-48)42-19-13-11-17-40(42)46(4,5)6;/h7-28H,1-6H3;/q-2;. The maximum atomic E-state index is 6.65. The second-order valence-electron chi connectivity index (χ2n) is 15.1. The summed E-state index contributed by atoms with van der Waals surface area (Å²) >= 11 is 0. The van der Waals surface area contributed by atoms with E-state index in [-0.39, 0.29) is 31.9 Å². The van der Waals surface area contributed by atoms with Gasteiger partial charge in [-0.15, -0.1) is 35.2 Å². The fourth-order valence-electron chi connectivity index (χ4n) is 6.71. The van der Waals surface area contributed by atoms with Crippen LogP contribution in [-0.4, -0.2) is 14.1 Å². The molecule has 0 radical (unpaired) electrons. The molecule has 0 aliphatic heterocycles. The molecule has 0 aliphatic carbocycles. The molecule has 8 aromatic rings. The molecular weight excluding hydrogens is 820 g/mol. The van der Waals surface area contributed by atoms with Gasteiger partial charge in [0.2, 0.25) is 0 Å². The minimum absolute atomic E-state index is 0. The first-order chi connectivity index (χ1) is 24.5. The Balaban J connectivity index is 0.00000420. The first kappa shape index (κ1) is 35.2. The van der Waals surface area contributed by atoms with Crippen molar-refractivity contribution in [3.63, 3.8) is 0 Å². The molecular formula is C46H40N4OPt-2. The van der Waals surface area contributed by atoms with Crippen LogP contribution in [0.25, 0.3) is 50.1 Å². The zero-order valence-corrected chi connectivity index (χ0v) is 32.5. The molecule has 52 heavy (non-hydrogen) atoms. The average Bonchev–Trinajstić information content (AvgIpc) is 3.75. The van der Waals surface area contributed by atoms with Gasteiger partial charge >= 0.3 is 0 Å². The molecule has 0 spiro atoms. The summed E-state index contributed by atoms with van der Waals surface area (Å²) in [4.78, 5) is 4.83. The van der Waals surface area contributed by atoms with Crippen LogP contribution in [0.2, 0.25) is 0 Å². The Morgan fingerprint density at radius 3 is 2.21 bits per heavy atom. The fraction of sp³-hybridized carbons (Fsp3) is 0.174. The number of pyridine rings is 1. The van der Waals surface area contributed by atoms with Gasteiger partial charge in [0.05, 0.1) is 5.69 Å². The predicted molar refractivity (Wildman–Crippen MR) is 205 cm³/mol. The van der Waals surface area contributed by atoms with Crippen LogP contribution in [0, 0.1) is 18.5 Å². The molecule has 0 bridgehead atoms. The maximum Gasteiger partial charge on any atom is 0.267 e. The molecule has 0 fully saturated rings. The first-order valence-electron chi connectivity index (χ1n) is 17.4. The van der Waals surface area contributed by atoms with Crippen LogP contribution >= 0.6 is 0 Å². The molecule has 0 aliphatic rings. The Morgan fingerprint density at radius 2 is 1.42 bits per heavy atom. The number of benzene rings is 5. The van der Waals surface area contributed by atoms with Crippen molar-refractivity contribution >= 4 is 21.8 Å². The molecule has 0 N–H and O–H groups in total. The molecule has 262 valence electrons. The minimum atomic E-state index is -0.0192. The van der Waals surface area contributed by atoms with E-state index in [0.717, 1.165) is 50.1 Å². The zero-order valence-electron chi connectivity index (χ0n) is 30.2. The van der Waals surface area contributed by atoms with E-state index in [2.05, 4.69) is 162 Å². The number of para-hydroxylation sites is 2. The van der Waals surface area contributed by atoms with Gasteiger partial charge in [0.1, 0.15) is 5.82 Å². The molecule has 0 unspecified atom stereocenters. The van der Waals surface area contributed by atoms with Crippen molar-refractivity contribution in [3.8, 4) is 39.8 Å². The molecule has 6 heteroatoms. The molecule has 3 heterocycles. The third-order valence-electron chi connectivity index (χ3n) is 9.37. The van der Waals surface area contributed by atoms with Gasteiger partial charge < -0.3 is 13.9 Å². The van der Waals surface area contributed by atoms with Crippen LogP contribution in [0.4, 0.5) is 0 Å². The van der Waals surface area contributed by atoms with E-state index in [1.54, 1.807) is 0 Å². The summed E-state index contributed by atoms with van der Waals surface area (Å²) in [5, 5.41) is 2.23. The van der Waals surface area contributed by atoms with Crippen LogP contribution in [0.1, 0.15) is 52.7 Å². The van der Waals surface area contributed by atoms with Crippen molar-refractivity contribution in [2.75, 3.05) is 0 Å². The minimum Gasteiger partial charge on any atom is -0.510 e. The van der Waals surface area contributed by atoms with Crippen molar-refractivity contribution < 1.29 is 30.4 Å². The van der Waals surface area contributed by atoms with Crippen LogP contribution < -0.4 is 9.30 Å². The van der Waals surface area contributed by atoms with Gasteiger partial charge in [0, 0.05) is 56.7 Å². The largest absolute Gasteiger partial charge is 0.510 e. The van der Waals surface area contributed by atoms with Crippen LogP contribution in [0.15, 0.2) is 134 Å². The van der Waals surface area contributed by atoms with Crippen LogP contribution in [0.5, 0.6) is 11.5 Å². The van der Waals surface area contributed by atoms with Crippen molar-refractivity contribution in [3.05, 3.63) is 163 Å². The molecule has 3 aromatic heterocycles. The van der Waals surface area contributed by atoms with E-state index in [1.165, 1.54) is 11.1 Å². The van der Waals surface area contributed by atoms with Gasteiger partial charge in [0.25, 0.3) is 6.33 Å². The van der Waals surface area contributed by atoms with E-state index < -0.39 is 0 Å². The van der Waals surface area contributed by atoms with Gasteiger partial charge in [-0.2, -0.15) is 12.1 Å². The van der Waals surface area contributed by atoms with E-state index in [9.17, 15) is 0 Å². The second kappa shape index (κ2) is 13.7. The number of hydrogen-bond donors (Lipinski definition) is 0. The molecule has 8 rings (SSSR count). The smallest absolute Gasteiger partial charge is 0.267 e. The molecule has 0 atom stereocenters. The van der Waals surface area contributed by atoms with Crippen molar-refractivity contribution in [1.82, 2.24) is 14.1 Å². The third-order valence-corrected chi connectivity index (χ3v) is 9.37. The van der Waals surface area contributed by atoms with Gasteiger partial charge in [-0.25, -0.2) is 4.98 Å². The van der Waals surface area contributed by atoms with E-state index in [0.29, 0.717) is 11.5 Å². The van der Waals surface area contributed by atoms with Gasteiger partial charge in [-0.05, 0) is 62.9 Å². The fourth-order valence-corrected chi connectivity index (χ4v) is 6.71. The number of hydrogen-bond acceptors (Lipinski definition) is 2. The molecule has 5 nitrogen and oxygen atoms in total. The monoisotopic (exact) mass is 859 g/mol. The van der Waals surface area contributed by atoms with E-state index >= 15 is 0 Å². The topological polar surface area (TPSA) is 35.9 Å². The van der Waals surface area contributed by atoms with Crippen LogP contribution in [0.3, 0.4) is 0 Å². The molecule has 0 saturated heterocycles. The number of imidazole rings is 1. The van der Waals surface area contributed by atoms with E-state index in [4.69, 9.17) is 9.72 Å². The molecule has 5 aromatic carbocycles. The van der Waals surface area contributed by atoms with Crippen LogP contribution in [-0.2, 0) is 31.9 Å².